The summed E-state index contributed by atoms with van der Waals surface area (Å²) in [4.78, 5) is 62.7. The SMILES string of the molecule is CCCCc1nc(C(=O)Nc2ccccc2-c2nc3cc(COC4CCN(C(=O)O)C(C(C)(C)C)C4)cnc3s2)cc(N(C(=O)OC(C)(C)C)C2CCNCC2)n1. The third-order valence-electron chi connectivity index (χ3n) is 10.3. The molecule has 6 rings (SSSR count). The van der Waals surface area contributed by atoms with Gasteiger partial charge in [0.2, 0.25) is 0 Å². The van der Waals surface area contributed by atoms with Crippen LogP contribution in [0.5, 0.6) is 0 Å². The van der Waals surface area contributed by atoms with E-state index in [2.05, 4.69) is 43.3 Å². The molecule has 1 aromatic carbocycles. The van der Waals surface area contributed by atoms with Gasteiger partial charge in [-0.2, -0.15) is 0 Å². The lowest BCUT2D eigenvalue weighted by atomic mass is 9.80. The molecule has 2 saturated heterocycles. The highest BCUT2D eigenvalue weighted by atomic mass is 32.1. The van der Waals surface area contributed by atoms with Crippen LogP contribution in [0.4, 0.5) is 21.1 Å². The zero-order chi connectivity index (χ0) is 40.9. The van der Waals surface area contributed by atoms with Crippen LogP contribution in [0.3, 0.4) is 0 Å². The molecule has 2 aliphatic rings. The number of anilines is 2. The molecule has 57 heavy (non-hydrogen) atoms. The van der Waals surface area contributed by atoms with Crippen molar-refractivity contribution in [2.45, 2.75) is 124 Å². The largest absolute Gasteiger partial charge is 0.465 e. The number of para-hydroxylation sites is 1. The zero-order valence-electron chi connectivity index (χ0n) is 34.1. The standard InChI is InChI=1S/C42H56N8O6S/c1-8-9-14-34-45-31(23-35(48-34)50(27-15-18-43-19-16-27)40(54)56-42(5,6)7)36(51)46-30-13-11-10-12-29(30)37-47-32-21-26(24-44-38(32)57-37)25-55-28-17-20-49(39(52)53)33(22-28)41(2,3)4/h10-13,21,23-24,27-28,33,43H,8-9,14-20,22,25H2,1-7H3,(H,46,51)(H,52,53). The van der Waals surface area contributed by atoms with Gasteiger partial charge in [0.15, 0.2) is 0 Å². The zero-order valence-corrected chi connectivity index (χ0v) is 34.9. The second kappa shape index (κ2) is 17.8. The van der Waals surface area contributed by atoms with Gasteiger partial charge in [-0.15, -0.1) is 0 Å². The van der Waals surface area contributed by atoms with E-state index in [0.29, 0.717) is 60.3 Å². The van der Waals surface area contributed by atoms with Gasteiger partial charge < -0.3 is 30.1 Å². The van der Waals surface area contributed by atoms with Crippen molar-refractivity contribution in [2.24, 2.45) is 5.41 Å². The summed E-state index contributed by atoms with van der Waals surface area (Å²) in [5.41, 5.74) is 2.11. The number of pyridine rings is 1. The number of benzene rings is 1. The molecular formula is C42H56N8O6S. The van der Waals surface area contributed by atoms with Crippen LogP contribution < -0.4 is 15.5 Å². The lowest BCUT2D eigenvalue weighted by Crippen LogP contribution is -2.53. The van der Waals surface area contributed by atoms with Gasteiger partial charge in [0, 0.05) is 42.9 Å². The maximum Gasteiger partial charge on any atom is 0.416 e. The molecule has 5 heterocycles. The van der Waals surface area contributed by atoms with E-state index >= 15 is 0 Å². The molecule has 2 atom stereocenters. The maximum atomic E-state index is 14.1. The van der Waals surface area contributed by atoms with Crippen molar-refractivity contribution >= 4 is 51.3 Å². The lowest BCUT2D eigenvalue weighted by Gasteiger charge is -2.44. The topological polar surface area (TPSA) is 172 Å². The van der Waals surface area contributed by atoms with Crippen molar-refractivity contribution < 1.29 is 29.0 Å². The van der Waals surface area contributed by atoms with Crippen LogP contribution in [-0.2, 0) is 22.5 Å². The van der Waals surface area contributed by atoms with Crippen molar-refractivity contribution in [3.8, 4) is 10.6 Å². The fourth-order valence-electron chi connectivity index (χ4n) is 7.35. The van der Waals surface area contributed by atoms with Gasteiger partial charge in [0.1, 0.15) is 38.3 Å². The predicted molar refractivity (Wildman–Crippen MR) is 222 cm³/mol. The molecular weight excluding hydrogens is 745 g/mol. The number of piperidine rings is 2. The minimum absolute atomic E-state index is 0.0689. The molecule has 2 fully saturated rings. The van der Waals surface area contributed by atoms with E-state index in [1.54, 1.807) is 17.2 Å². The minimum atomic E-state index is -0.891. The van der Waals surface area contributed by atoms with Crippen LogP contribution in [0.1, 0.15) is 109 Å². The Labute approximate surface area is 338 Å². The Kier molecular flexibility index (Phi) is 13.1. The Balaban J connectivity index is 1.22. The molecule has 15 heteroatoms. The average molecular weight is 801 g/mol. The molecule has 3 N–H and O–H groups in total. The van der Waals surface area contributed by atoms with Gasteiger partial charge in [0.25, 0.3) is 5.91 Å². The fourth-order valence-corrected chi connectivity index (χ4v) is 8.28. The Morgan fingerprint density at radius 3 is 2.49 bits per heavy atom. The van der Waals surface area contributed by atoms with Crippen molar-refractivity contribution in [3.05, 3.63) is 59.7 Å². The quantitative estimate of drug-likeness (QED) is 0.133. The molecule has 3 amide bonds. The highest BCUT2D eigenvalue weighted by Crippen LogP contribution is 2.36. The first kappa shape index (κ1) is 41.9. The molecule has 0 spiro atoms. The first-order chi connectivity index (χ1) is 27.1. The summed E-state index contributed by atoms with van der Waals surface area (Å²) < 4.78 is 12.2. The highest BCUT2D eigenvalue weighted by Gasteiger charge is 2.39. The molecule has 0 saturated carbocycles. The first-order valence-corrected chi connectivity index (χ1v) is 20.8. The normalized spacial score (nSPS) is 18.1. The van der Waals surface area contributed by atoms with Crippen LogP contribution in [-0.4, -0.2) is 91.5 Å². The molecule has 14 nitrogen and oxygen atoms in total. The molecule has 0 bridgehead atoms. The maximum absolute atomic E-state index is 14.1. The summed E-state index contributed by atoms with van der Waals surface area (Å²) in [6.07, 6.45) is 5.35. The third kappa shape index (κ3) is 10.6. The number of aryl methyl sites for hydroxylation is 1. The molecule has 4 aromatic rings. The third-order valence-corrected chi connectivity index (χ3v) is 11.3. The van der Waals surface area contributed by atoms with Crippen LogP contribution in [0.2, 0.25) is 0 Å². The Morgan fingerprint density at radius 1 is 1.04 bits per heavy atom. The van der Waals surface area contributed by atoms with Gasteiger partial charge in [-0.1, -0.05) is 57.6 Å². The number of carbonyl (C=O) groups excluding carboxylic acids is 2. The van der Waals surface area contributed by atoms with E-state index < -0.39 is 23.7 Å². The number of hydrogen-bond acceptors (Lipinski definition) is 11. The van der Waals surface area contributed by atoms with E-state index in [1.807, 2.05) is 51.1 Å². The summed E-state index contributed by atoms with van der Waals surface area (Å²) in [6, 6.07) is 10.8. The van der Waals surface area contributed by atoms with Gasteiger partial charge in [-0.05, 0) is 95.1 Å². The number of aromatic nitrogens is 4. The highest BCUT2D eigenvalue weighted by molar-refractivity contribution is 7.21. The Bertz CT molecular complexity index is 2050. The number of nitrogens with zero attached hydrogens (tertiary/aromatic N) is 6. The number of carboxylic acid groups (broad SMARTS) is 1. The van der Waals surface area contributed by atoms with Crippen molar-refractivity contribution in [1.29, 1.82) is 0 Å². The minimum Gasteiger partial charge on any atom is -0.465 e. The number of likely N-dealkylation sites (tertiary alicyclic amines) is 1. The molecule has 3 aromatic heterocycles. The number of ether oxygens (including phenoxy) is 2. The van der Waals surface area contributed by atoms with Crippen molar-refractivity contribution in [3.63, 3.8) is 0 Å². The Morgan fingerprint density at radius 2 is 1.79 bits per heavy atom. The van der Waals surface area contributed by atoms with E-state index in [-0.39, 0.29) is 29.3 Å². The Hall–Kier alpha value is -4.73. The number of amides is 3. The first-order valence-electron chi connectivity index (χ1n) is 20.0. The van der Waals surface area contributed by atoms with Crippen LogP contribution >= 0.6 is 11.3 Å². The summed E-state index contributed by atoms with van der Waals surface area (Å²) in [6.45, 7) is 16.1. The monoisotopic (exact) mass is 800 g/mol. The molecule has 0 radical (unpaired) electrons. The molecule has 306 valence electrons. The average Bonchev–Trinajstić information content (AvgIpc) is 3.59. The van der Waals surface area contributed by atoms with Crippen LogP contribution in [0.15, 0.2) is 42.6 Å². The van der Waals surface area contributed by atoms with Gasteiger partial charge in [-0.3, -0.25) is 9.69 Å². The summed E-state index contributed by atoms with van der Waals surface area (Å²) in [7, 11) is 0. The number of hydrogen-bond donors (Lipinski definition) is 3. The molecule has 2 unspecified atom stereocenters. The van der Waals surface area contributed by atoms with E-state index in [0.717, 1.165) is 54.7 Å². The molecule has 2 aliphatic heterocycles. The van der Waals surface area contributed by atoms with Gasteiger partial charge in [0.05, 0.1) is 18.4 Å². The number of unbranched alkanes of at least 4 members (excludes halogenated alkanes) is 1. The van der Waals surface area contributed by atoms with Gasteiger partial charge in [-0.25, -0.2) is 29.5 Å². The number of carbonyl (C=O) groups is 3. The van der Waals surface area contributed by atoms with Crippen molar-refractivity contribution in [1.82, 2.24) is 30.2 Å². The van der Waals surface area contributed by atoms with E-state index in [9.17, 15) is 19.5 Å². The number of thiazole rings is 1. The van der Waals surface area contributed by atoms with E-state index in [1.165, 1.54) is 16.2 Å². The van der Waals surface area contributed by atoms with Crippen molar-refractivity contribution in [2.75, 3.05) is 29.9 Å². The van der Waals surface area contributed by atoms with Gasteiger partial charge >= 0.3 is 12.2 Å². The smallest absolute Gasteiger partial charge is 0.416 e. The second-order valence-corrected chi connectivity index (χ2v) is 17.9. The number of rotatable bonds is 11. The second-order valence-electron chi connectivity index (χ2n) is 17.0. The number of nitrogens with one attached hydrogen (secondary N) is 2. The summed E-state index contributed by atoms with van der Waals surface area (Å²) in [5, 5.41) is 16.9. The van der Waals surface area contributed by atoms with Crippen LogP contribution in [0.25, 0.3) is 20.9 Å². The molecule has 0 aliphatic carbocycles. The summed E-state index contributed by atoms with van der Waals surface area (Å²) in [5.74, 6) is 0.416. The summed E-state index contributed by atoms with van der Waals surface area (Å²) >= 11 is 1.43. The van der Waals surface area contributed by atoms with E-state index in [4.69, 9.17) is 24.4 Å². The lowest BCUT2D eigenvalue weighted by molar-refractivity contribution is -0.0413. The predicted octanol–water partition coefficient (Wildman–Crippen LogP) is 8.31. The van der Waals surface area contributed by atoms with Crippen LogP contribution in [0, 0.1) is 5.41 Å². The fraction of sp³-hybridized carbons (Fsp3) is 0.548. The number of fused-ring (bicyclic) bond motifs is 1.